The van der Waals surface area contributed by atoms with Crippen LogP contribution in [0.15, 0.2) is 10.9 Å². The third kappa shape index (κ3) is 1.87. The lowest BCUT2D eigenvalue weighted by molar-refractivity contribution is 0.265. The van der Waals surface area contributed by atoms with Gasteiger partial charge in [-0.05, 0) is 32.0 Å². The van der Waals surface area contributed by atoms with Gasteiger partial charge in [-0.25, -0.2) is 5.10 Å². The summed E-state index contributed by atoms with van der Waals surface area (Å²) in [7, 11) is 0. The molecule has 0 aromatic carbocycles. The number of nitrogens with one attached hydrogen (secondary N) is 1. The average Bonchev–Trinajstić information content (AvgIpc) is 2.70. The topological polar surface area (TPSA) is 75.0 Å². The fraction of sp³-hybridized carbons (Fsp3) is 0.600. The Morgan fingerprint density at radius 2 is 2.53 bits per heavy atom. The van der Waals surface area contributed by atoms with E-state index in [1.807, 2.05) is 0 Å². The molecule has 15 heavy (non-hydrogen) atoms. The molecule has 2 rings (SSSR count). The zero-order valence-electron chi connectivity index (χ0n) is 8.86. The summed E-state index contributed by atoms with van der Waals surface area (Å²) in [5.74, 6) is 0. The number of hydrogen-bond acceptors (Lipinski definition) is 4. The van der Waals surface area contributed by atoms with E-state index in [2.05, 4.69) is 22.0 Å². The second-order valence-corrected chi connectivity index (χ2v) is 3.86. The van der Waals surface area contributed by atoms with Crippen LogP contribution in [0.5, 0.6) is 0 Å². The monoisotopic (exact) mass is 208 g/mol. The fourth-order valence-electron chi connectivity index (χ4n) is 2.15. The molecule has 1 aromatic rings. The van der Waals surface area contributed by atoms with Crippen LogP contribution < -0.4 is 11.3 Å². The third-order valence-corrected chi connectivity index (χ3v) is 2.96. The lowest BCUT2D eigenvalue weighted by Crippen LogP contribution is -2.25. The highest BCUT2D eigenvalue weighted by atomic mass is 16.1. The van der Waals surface area contributed by atoms with E-state index in [4.69, 9.17) is 5.73 Å². The van der Waals surface area contributed by atoms with Crippen LogP contribution in [-0.2, 0) is 0 Å². The highest BCUT2D eigenvalue weighted by molar-refractivity contribution is 5.35. The van der Waals surface area contributed by atoms with E-state index in [9.17, 15) is 4.79 Å². The van der Waals surface area contributed by atoms with Crippen LogP contribution in [0, 0.1) is 0 Å². The summed E-state index contributed by atoms with van der Waals surface area (Å²) in [5.41, 5.74) is 6.40. The summed E-state index contributed by atoms with van der Waals surface area (Å²) in [6.07, 6.45) is 2.27. The van der Waals surface area contributed by atoms with Crippen molar-refractivity contribution >= 4 is 5.69 Å². The van der Waals surface area contributed by atoms with Crippen molar-refractivity contribution in [2.45, 2.75) is 25.8 Å². The molecule has 0 amide bonds. The highest BCUT2D eigenvalue weighted by Crippen LogP contribution is 2.29. The van der Waals surface area contributed by atoms with Gasteiger partial charge in [-0.1, -0.05) is 6.92 Å². The van der Waals surface area contributed by atoms with Gasteiger partial charge in [0, 0.05) is 0 Å². The quantitative estimate of drug-likeness (QED) is 0.742. The van der Waals surface area contributed by atoms with Gasteiger partial charge in [0.25, 0.3) is 5.56 Å². The molecular formula is C10H16N4O. The summed E-state index contributed by atoms with van der Waals surface area (Å²) in [6.45, 7) is 4.24. The molecule has 2 heterocycles. The van der Waals surface area contributed by atoms with E-state index in [0.29, 0.717) is 6.04 Å². The molecule has 5 heteroatoms. The first-order valence-corrected chi connectivity index (χ1v) is 5.31. The smallest absolute Gasteiger partial charge is 0.287 e. The molecule has 1 aromatic heterocycles. The molecular weight excluding hydrogens is 192 g/mol. The molecule has 0 spiro atoms. The number of H-pyrrole nitrogens is 1. The van der Waals surface area contributed by atoms with Crippen molar-refractivity contribution in [1.82, 2.24) is 15.1 Å². The zero-order chi connectivity index (χ0) is 10.8. The molecule has 1 unspecified atom stereocenters. The van der Waals surface area contributed by atoms with Gasteiger partial charge in [0.2, 0.25) is 0 Å². The number of nitrogen functional groups attached to an aromatic ring is 1. The number of nitrogens with two attached hydrogens (primary N) is 1. The average molecular weight is 208 g/mol. The van der Waals surface area contributed by atoms with Crippen molar-refractivity contribution in [3.63, 3.8) is 0 Å². The minimum atomic E-state index is -0.306. The van der Waals surface area contributed by atoms with Gasteiger partial charge in [0.1, 0.15) is 5.69 Å². The van der Waals surface area contributed by atoms with Crippen LogP contribution >= 0.6 is 0 Å². The Bertz CT molecular complexity index is 401. The van der Waals surface area contributed by atoms with E-state index in [-0.39, 0.29) is 11.2 Å². The van der Waals surface area contributed by atoms with Gasteiger partial charge in [0.05, 0.1) is 11.7 Å². The van der Waals surface area contributed by atoms with Crippen LogP contribution in [0.1, 0.15) is 31.5 Å². The molecule has 1 aliphatic rings. The van der Waals surface area contributed by atoms with Gasteiger partial charge >= 0.3 is 0 Å². The van der Waals surface area contributed by atoms with E-state index < -0.39 is 0 Å². The van der Waals surface area contributed by atoms with Crippen LogP contribution in [-0.4, -0.2) is 28.2 Å². The number of anilines is 1. The first kappa shape index (κ1) is 10.2. The van der Waals surface area contributed by atoms with E-state index >= 15 is 0 Å². The van der Waals surface area contributed by atoms with Gasteiger partial charge in [0.15, 0.2) is 0 Å². The minimum absolute atomic E-state index is 0.253. The Labute approximate surface area is 88.3 Å². The van der Waals surface area contributed by atoms with E-state index in [0.717, 1.165) is 25.2 Å². The number of nitrogens with zero attached hydrogens (tertiary/aromatic N) is 2. The Kier molecular flexibility index (Phi) is 2.73. The van der Waals surface area contributed by atoms with Crippen molar-refractivity contribution < 1.29 is 0 Å². The lowest BCUT2D eigenvalue weighted by atomic mass is 10.1. The first-order chi connectivity index (χ1) is 7.22. The Balaban J connectivity index is 2.29. The largest absolute Gasteiger partial charge is 0.394 e. The first-order valence-electron chi connectivity index (χ1n) is 5.31. The maximum atomic E-state index is 11.1. The number of aromatic nitrogens is 2. The molecule has 3 N–H and O–H groups in total. The SMILES string of the molecule is CCN1CCCC1c1cc(N)c(=O)[nH]n1. The van der Waals surface area contributed by atoms with Gasteiger partial charge in [-0.3, -0.25) is 9.69 Å². The highest BCUT2D eigenvalue weighted by Gasteiger charge is 2.26. The zero-order valence-corrected chi connectivity index (χ0v) is 8.86. The Morgan fingerprint density at radius 1 is 1.73 bits per heavy atom. The van der Waals surface area contributed by atoms with Crippen molar-refractivity contribution in [2.24, 2.45) is 0 Å². The van der Waals surface area contributed by atoms with E-state index in [1.54, 1.807) is 6.07 Å². The van der Waals surface area contributed by atoms with Gasteiger partial charge in [-0.15, -0.1) is 0 Å². The predicted octanol–water partition coefficient (Wildman–Crippen LogP) is 0.509. The Hall–Kier alpha value is -1.36. The Morgan fingerprint density at radius 3 is 3.20 bits per heavy atom. The molecule has 0 radical (unpaired) electrons. The summed E-state index contributed by atoms with van der Waals surface area (Å²) < 4.78 is 0. The molecule has 1 saturated heterocycles. The summed E-state index contributed by atoms with van der Waals surface area (Å²) >= 11 is 0. The standard InChI is InChI=1S/C10H16N4O/c1-2-14-5-3-4-9(14)8-6-7(11)10(15)13-12-8/h6,9H,2-5H2,1H3,(H2,11,12)(H,13,15). The van der Waals surface area contributed by atoms with Crippen LogP contribution in [0.25, 0.3) is 0 Å². The fourth-order valence-corrected chi connectivity index (χ4v) is 2.15. The third-order valence-electron chi connectivity index (χ3n) is 2.96. The molecule has 5 nitrogen and oxygen atoms in total. The molecule has 1 atom stereocenters. The van der Waals surface area contributed by atoms with Crippen molar-refractivity contribution in [1.29, 1.82) is 0 Å². The summed E-state index contributed by atoms with van der Waals surface area (Å²) in [6, 6.07) is 2.01. The maximum absolute atomic E-state index is 11.1. The summed E-state index contributed by atoms with van der Waals surface area (Å²) in [4.78, 5) is 13.4. The second-order valence-electron chi connectivity index (χ2n) is 3.86. The van der Waals surface area contributed by atoms with Crippen LogP contribution in [0.3, 0.4) is 0 Å². The van der Waals surface area contributed by atoms with Gasteiger partial charge < -0.3 is 5.73 Å². The molecule has 0 bridgehead atoms. The van der Waals surface area contributed by atoms with E-state index in [1.165, 1.54) is 6.42 Å². The number of aromatic amines is 1. The minimum Gasteiger partial charge on any atom is -0.394 e. The predicted molar refractivity (Wildman–Crippen MR) is 58.5 cm³/mol. The number of hydrogen-bond donors (Lipinski definition) is 2. The van der Waals surface area contributed by atoms with Crippen molar-refractivity contribution in [3.05, 3.63) is 22.1 Å². The lowest BCUT2D eigenvalue weighted by Gasteiger charge is -2.21. The second kappa shape index (κ2) is 4.02. The molecule has 1 fully saturated rings. The molecule has 0 saturated carbocycles. The van der Waals surface area contributed by atoms with Crippen molar-refractivity contribution in [3.8, 4) is 0 Å². The van der Waals surface area contributed by atoms with Crippen LogP contribution in [0.4, 0.5) is 5.69 Å². The van der Waals surface area contributed by atoms with Crippen LogP contribution in [0.2, 0.25) is 0 Å². The molecule has 1 aliphatic heterocycles. The van der Waals surface area contributed by atoms with Gasteiger partial charge in [-0.2, -0.15) is 5.10 Å². The normalized spacial score (nSPS) is 22.1. The van der Waals surface area contributed by atoms with Crippen molar-refractivity contribution in [2.75, 3.05) is 18.8 Å². The molecule has 0 aliphatic carbocycles. The number of rotatable bonds is 2. The molecule has 82 valence electrons. The maximum Gasteiger partial charge on any atom is 0.287 e. The summed E-state index contributed by atoms with van der Waals surface area (Å²) in [5, 5.41) is 6.49. The number of likely N-dealkylation sites (tertiary alicyclic amines) is 1.